The van der Waals surface area contributed by atoms with E-state index >= 15 is 0 Å². The smallest absolute Gasteiger partial charge is 0.253 e. The number of likely N-dealkylation sites (tertiary alicyclic amines) is 1. The highest BCUT2D eigenvalue weighted by Gasteiger charge is 2.27. The number of nitriles is 1. The lowest BCUT2D eigenvalue weighted by molar-refractivity contribution is 0.0706. The molecular formula is C16H16N4O2. The number of nitrogens with zero attached hydrogens (tertiary/aromatic N) is 4. The molecule has 22 heavy (non-hydrogen) atoms. The summed E-state index contributed by atoms with van der Waals surface area (Å²) in [5, 5.41) is 16.8. The van der Waals surface area contributed by atoms with Crippen LogP contribution in [-0.4, -0.2) is 34.1 Å². The van der Waals surface area contributed by atoms with E-state index in [0.29, 0.717) is 36.0 Å². The van der Waals surface area contributed by atoms with Gasteiger partial charge in [-0.1, -0.05) is 6.07 Å². The van der Waals surface area contributed by atoms with Gasteiger partial charge in [0.05, 0.1) is 11.6 Å². The molecule has 0 unspecified atom stereocenters. The minimum absolute atomic E-state index is 0.0303. The summed E-state index contributed by atoms with van der Waals surface area (Å²) in [6.07, 6.45) is 1.62. The van der Waals surface area contributed by atoms with Gasteiger partial charge in [-0.2, -0.15) is 5.26 Å². The van der Waals surface area contributed by atoms with Crippen molar-refractivity contribution in [3.8, 4) is 6.07 Å². The Kier molecular flexibility index (Phi) is 3.88. The van der Waals surface area contributed by atoms with E-state index < -0.39 is 0 Å². The quantitative estimate of drug-likeness (QED) is 0.849. The Morgan fingerprint density at radius 3 is 2.77 bits per heavy atom. The Labute approximate surface area is 128 Å². The topological polar surface area (TPSA) is 83.0 Å². The minimum atomic E-state index is -0.0303. The van der Waals surface area contributed by atoms with E-state index in [4.69, 9.17) is 9.68 Å². The van der Waals surface area contributed by atoms with Crippen molar-refractivity contribution in [2.45, 2.75) is 25.7 Å². The second-order valence-electron chi connectivity index (χ2n) is 5.42. The SMILES string of the molecule is Cc1nnc(C2CCN(C(=O)c3cccc(C#N)c3)CC2)o1. The monoisotopic (exact) mass is 296 g/mol. The van der Waals surface area contributed by atoms with E-state index in [9.17, 15) is 4.79 Å². The van der Waals surface area contributed by atoms with Gasteiger partial charge in [-0.05, 0) is 31.0 Å². The zero-order chi connectivity index (χ0) is 15.5. The molecule has 0 N–H and O–H groups in total. The highest BCUT2D eigenvalue weighted by Crippen LogP contribution is 2.27. The third-order valence-corrected chi connectivity index (χ3v) is 3.91. The molecule has 0 aliphatic carbocycles. The molecule has 1 aromatic heterocycles. The highest BCUT2D eigenvalue weighted by atomic mass is 16.4. The largest absolute Gasteiger partial charge is 0.425 e. The van der Waals surface area contributed by atoms with Crippen LogP contribution in [-0.2, 0) is 0 Å². The first kappa shape index (κ1) is 14.3. The molecule has 1 aliphatic heterocycles. The average Bonchev–Trinajstić information content (AvgIpc) is 3.01. The van der Waals surface area contributed by atoms with Crippen molar-refractivity contribution in [2.24, 2.45) is 0 Å². The number of aromatic nitrogens is 2. The van der Waals surface area contributed by atoms with Crippen LogP contribution >= 0.6 is 0 Å². The fraction of sp³-hybridized carbons (Fsp3) is 0.375. The Morgan fingerprint density at radius 1 is 1.36 bits per heavy atom. The summed E-state index contributed by atoms with van der Waals surface area (Å²) in [7, 11) is 0. The molecule has 1 fully saturated rings. The van der Waals surface area contributed by atoms with Crippen LogP contribution in [0.25, 0.3) is 0 Å². The normalized spacial score (nSPS) is 15.5. The number of benzene rings is 1. The predicted octanol–water partition coefficient (Wildman–Crippen LogP) is 2.27. The predicted molar refractivity (Wildman–Crippen MR) is 78.1 cm³/mol. The third-order valence-electron chi connectivity index (χ3n) is 3.91. The van der Waals surface area contributed by atoms with Crippen molar-refractivity contribution >= 4 is 5.91 Å². The molecule has 0 atom stereocenters. The van der Waals surface area contributed by atoms with Crippen molar-refractivity contribution in [1.29, 1.82) is 5.26 Å². The molecular weight excluding hydrogens is 280 g/mol. The first-order valence-electron chi connectivity index (χ1n) is 7.27. The van der Waals surface area contributed by atoms with Gasteiger partial charge in [0.25, 0.3) is 5.91 Å². The molecule has 1 aliphatic rings. The van der Waals surface area contributed by atoms with E-state index in [2.05, 4.69) is 16.3 Å². The van der Waals surface area contributed by atoms with Gasteiger partial charge >= 0.3 is 0 Å². The number of piperidine rings is 1. The van der Waals surface area contributed by atoms with E-state index in [1.807, 2.05) is 4.90 Å². The molecule has 1 aromatic carbocycles. The summed E-state index contributed by atoms with van der Waals surface area (Å²) in [6, 6.07) is 8.87. The van der Waals surface area contributed by atoms with Gasteiger partial charge in [-0.25, -0.2) is 0 Å². The molecule has 1 saturated heterocycles. The van der Waals surface area contributed by atoms with Crippen LogP contribution in [0, 0.1) is 18.3 Å². The average molecular weight is 296 g/mol. The first-order chi connectivity index (χ1) is 10.7. The molecule has 3 rings (SSSR count). The number of hydrogen-bond donors (Lipinski definition) is 0. The Morgan fingerprint density at radius 2 is 2.14 bits per heavy atom. The summed E-state index contributed by atoms with van der Waals surface area (Å²) in [4.78, 5) is 14.3. The standard InChI is InChI=1S/C16H16N4O2/c1-11-18-19-15(22-11)13-5-7-20(8-6-13)16(21)14-4-2-3-12(9-14)10-17/h2-4,9,13H,5-8H2,1H3. The van der Waals surface area contributed by atoms with Crippen LogP contribution in [0.3, 0.4) is 0 Å². The van der Waals surface area contributed by atoms with E-state index in [1.165, 1.54) is 0 Å². The second kappa shape index (κ2) is 5.98. The fourth-order valence-electron chi connectivity index (χ4n) is 2.71. The molecule has 0 bridgehead atoms. The first-order valence-corrected chi connectivity index (χ1v) is 7.27. The minimum Gasteiger partial charge on any atom is -0.425 e. The van der Waals surface area contributed by atoms with Gasteiger partial charge in [0.15, 0.2) is 0 Å². The number of carbonyl (C=O) groups is 1. The van der Waals surface area contributed by atoms with Crippen molar-refractivity contribution < 1.29 is 9.21 Å². The lowest BCUT2D eigenvalue weighted by Gasteiger charge is -2.30. The zero-order valence-corrected chi connectivity index (χ0v) is 12.3. The van der Waals surface area contributed by atoms with Gasteiger partial charge in [0.1, 0.15) is 0 Å². The molecule has 0 spiro atoms. The summed E-state index contributed by atoms with van der Waals surface area (Å²) in [5.74, 6) is 1.42. The lowest BCUT2D eigenvalue weighted by Crippen LogP contribution is -2.38. The number of hydrogen-bond acceptors (Lipinski definition) is 5. The van der Waals surface area contributed by atoms with Crippen LogP contribution in [0.2, 0.25) is 0 Å². The van der Waals surface area contributed by atoms with Gasteiger partial charge in [0, 0.05) is 31.5 Å². The maximum absolute atomic E-state index is 12.5. The molecule has 0 radical (unpaired) electrons. The Balaban J connectivity index is 1.65. The van der Waals surface area contributed by atoms with E-state index in [1.54, 1.807) is 31.2 Å². The number of rotatable bonds is 2. The Hall–Kier alpha value is -2.68. The van der Waals surface area contributed by atoms with Crippen LogP contribution < -0.4 is 0 Å². The molecule has 1 amide bonds. The molecule has 6 heteroatoms. The molecule has 2 heterocycles. The van der Waals surface area contributed by atoms with E-state index in [0.717, 1.165) is 12.8 Å². The second-order valence-corrected chi connectivity index (χ2v) is 5.42. The maximum atomic E-state index is 12.5. The van der Waals surface area contributed by atoms with Crippen molar-refractivity contribution in [3.05, 3.63) is 47.2 Å². The number of carbonyl (C=O) groups excluding carboxylic acids is 1. The summed E-state index contributed by atoms with van der Waals surface area (Å²) in [5.41, 5.74) is 1.06. The number of aryl methyl sites for hydroxylation is 1. The maximum Gasteiger partial charge on any atom is 0.253 e. The van der Waals surface area contributed by atoms with Crippen molar-refractivity contribution in [3.63, 3.8) is 0 Å². The van der Waals surface area contributed by atoms with Crippen LogP contribution in [0.1, 0.15) is 46.5 Å². The Bertz CT molecular complexity index is 724. The lowest BCUT2D eigenvalue weighted by atomic mass is 9.96. The fourth-order valence-corrected chi connectivity index (χ4v) is 2.71. The third kappa shape index (κ3) is 2.84. The molecule has 6 nitrogen and oxygen atoms in total. The molecule has 2 aromatic rings. The van der Waals surface area contributed by atoms with Crippen molar-refractivity contribution in [1.82, 2.24) is 15.1 Å². The highest BCUT2D eigenvalue weighted by molar-refractivity contribution is 5.94. The summed E-state index contributed by atoms with van der Waals surface area (Å²) in [6.45, 7) is 3.08. The van der Waals surface area contributed by atoms with Crippen LogP contribution in [0.15, 0.2) is 28.7 Å². The van der Waals surface area contributed by atoms with Crippen LogP contribution in [0.5, 0.6) is 0 Å². The summed E-state index contributed by atoms with van der Waals surface area (Å²) < 4.78 is 5.47. The van der Waals surface area contributed by atoms with Gasteiger partial charge < -0.3 is 9.32 Å². The van der Waals surface area contributed by atoms with Gasteiger partial charge in [-0.3, -0.25) is 4.79 Å². The van der Waals surface area contributed by atoms with Gasteiger partial charge in [0.2, 0.25) is 11.8 Å². The molecule has 112 valence electrons. The van der Waals surface area contributed by atoms with Crippen LogP contribution in [0.4, 0.5) is 0 Å². The van der Waals surface area contributed by atoms with Crippen molar-refractivity contribution in [2.75, 3.05) is 13.1 Å². The number of amides is 1. The summed E-state index contributed by atoms with van der Waals surface area (Å²) >= 11 is 0. The van der Waals surface area contributed by atoms with E-state index in [-0.39, 0.29) is 11.8 Å². The molecule has 0 saturated carbocycles. The van der Waals surface area contributed by atoms with Gasteiger partial charge in [-0.15, -0.1) is 10.2 Å². The zero-order valence-electron chi connectivity index (χ0n) is 12.3.